The largest absolute Gasteiger partial charge is 0.309 e. The summed E-state index contributed by atoms with van der Waals surface area (Å²) < 4.78 is 0. The fourth-order valence-corrected chi connectivity index (χ4v) is 2.30. The van der Waals surface area contributed by atoms with Crippen LogP contribution in [0.1, 0.15) is 42.9 Å². The molecule has 0 saturated heterocycles. The first kappa shape index (κ1) is 10.1. The van der Waals surface area contributed by atoms with Gasteiger partial charge in [-0.15, -0.1) is 11.3 Å². The van der Waals surface area contributed by atoms with Crippen molar-refractivity contribution in [1.29, 1.82) is 0 Å². The van der Waals surface area contributed by atoms with Crippen LogP contribution in [0.2, 0.25) is 0 Å². The predicted octanol–water partition coefficient (Wildman–Crippen LogP) is 2.90. The van der Waals surface area contributed by atoms with Gasteiger partial charge in [0.1, 0.15) is 0 Å². The molecule has 0 bridgehead atoms. The number of nitrogens with zero attached hydrogens (tertiary/aromatic N) is 1. The normalized spacial score (nSPS) is 18.4. The van der Waals surface area contributed by atoms with Crippen molar-refractivity contribution in [2.24, 2.45) is 5.92 Å². The number of hydrogen-bond donors (Lipinski definition) is 1. The summed E-state index contributed by atoms with van der Waals surface area (Å²) in [6.45, 7) is 5.40. The van der Waals surface area contributed by atoms with Crippen molar-refractivity contribution in [3.05, 3.63) is 16.1 Å². The maximum Gasteiger partial charge on any atom is 0.0898 e. The van der Waals surface area contributed by atoms with Crippen LogP contribution in [0.3, 0.4) is 0 Å². The van der Waals surface area contributed by atoms with Gasteiger partial charge in [-0.25, -0.2) is 4.98 Å². The predicted molar refractivity (Wildman–Crippen MR) is 60.6 cm³/mol. The molecule has 1 N–H and O–H groups in total. The molecule has 1 atom stereocenters. The van der Waals surface area contributed by atoms with Crippen LogP contribution in [0, 0.1) is 12.8 Å². The van der Waals surface area contributed by atoms with E-state index in [1.54, 1.807) is 11.3 Å². The summed E-state index contributed by atoms with van der Waals surface area (Å²) in [5.41, 5.74) is 1.20. The van der Waals surface area contributed by atoms with Crippen LogP contribution in [0.4, 0.5) is 0 Å². The average Bonchev–Trinajstić information content (AvgIpc) is 2.87. The molecule has 1 aliphatic rings. The lowest BCUT2D eigenvalue weighted by molar-refractivity contribution is 0.532. The molecule has 0 amide bonds. The van der Waals surface area contributed by atoms with Crippen LogP contribution in [0.15, 0.2) is 5.38 Å². The molecule has 1 heterocycles. The van der Waals surface area contributed by atoms with Gasteiger partial charge in [-0.3, -0.25) is 0 Å². The second-order valence-corrected chi connectivity index (χ2v) is 5.26. The Hall–Kier alpha value is -0.410. The Labute approximate surface area is 89.8 Å². The molecule has 2 nitrogen and oxygen atoms in total. The van der Waals surface area contributed by atoms with Gasteiger partial charge in [-0.2, -0.15) is 0 Å². The Morgan fingerprint density at radius 2 is 2.43 bits per heavy atom. The van der Waals surface area contributed by atoms with E-state index in [1.165, 1.54) is 25.0 Å². The second kappa shape index (κ2) is 4.41. The highest BCUT2D eigenvalue weighted by Gasteiger charge is 2.20. The lowest BCUT2D eigenvalue weighted by Gasteiger charge is -2.10. The summed E-state index contributed by atoms with van der Waals surface area (Å²) in [6.07, 6.45) is 4.24. The van der Waals surface area contributed by atoms with Gasteiger partial charge in [0, 0.05) is 11.4 Å². The standard InChI is InChI=1S/C11H18N2S/c1-8(11-7-14-9(2)13-11)12-6-5-10-3-4-10/h7-8,10,12H,3-6H2,1-2H3. The summed E-state index contributed by atoms with van der Waals surface area (Å²) in [4.78, 5) is 4.48. The quantitative estimate of drug-likeness (QED) is 0.808. The van der Waals surface area contributed by atoms with Crippen LogP contribution < -0.4 is 5.32 Å². The van der Waals surface area contributed by atoms with E-state index in [4.69, 9.17) is 0 Å². The topological polar surface area (TPSA) is 24.9 Å². The summed E-state index contributed by atoms with van der Waals surface area (Å²) in [5.74, 6) is 1.02. The SMILES string of the molecule is Cc1nc(C(C)NCCC2CC2)cs1. The Morgan fingerprint density at radius 3 is 3.00 bits per heavy atom. The molecule has 78 valence electrons. The lowest BCUT2D eigenvalue weighted by Crippen LogP contribution is -2.20. The van der Waals surface area contributed by atoms with E-state index < -0.39 is 0 Å². The van der Waals surface area contributed by atoms with Crippen molar-refractivity contribution < 1.29 is 0 Å². The first-order chi connectivity index (χ1) is 6.75. The van der Waals surface area contributed by atoms with Crippen molar-refractivity contribution in [3.8, 4) is 0 Å². The number of hydrogen-bond acceptors (Lipinski definition) is 3. The Morgan fingerprint density at radius 1 is 1.64 bits per heavy atom. The van der Waals surface area contributed by atoms with Crippen LogP contribution in [-0.4, -0.2) is 11.5 Å². The van der Waals surface area contributed by atoms with Gasteiger partial charge in [-0.05, 0) is 32.7 Å². The maximum absolute atomic E-state index is 4.48. The van der Waals surface area contributed by atoms with Gasteiger partial charge in [0.05, 0.1) is 10.7 Å². The zero-order chi connectivity index (χ0) is 9.97. The van der Waals surface area contributed by atoms with Crippen LogP contribution >= 0.6 is 11.3 Å². The molecule has 0 spiro atoms. The zero-order valence-corrected chi connectivity index (χ0v) is 9.73. The highest BCUT2D eigenvalue weighted by molar-refractivity contribution is 7.09. The number of aromatic nitrogens is 1. The third-order valence-electron chi connectivity index (χ3n) is 2.78. The third kappa shape index (κ3) is 2.79. The van der Waals surface area contributed by atoms with E-state index in [0.717, 1.165) is 17.5 Å². The summed E-state index contributed by atoms with van der Waals surface area (Å²) in [7, 11) is 0. The maximum atomic E-state index is 4.48. The van der Waals surface area contributed by atoms with Crippen molar-refractivity contribution in [3.63, 3.8) is 0 Å². The molecule has 1 aliphatic carbocycles. The van der Waals surface area contributed by atoms with Gasteiger partial charge in [0.25, 0.3) is 0 Å². The third-order valence-corrected chi connectivity index (χ3v) is 3.57. The van der Waals surface area contributed by atoms with Crippen molar-refractivity contribution in [2.45, 2.75) is 39.2 Å². The molecule has 1 saturated carbocycles. The molecule has 2 rings (SSSR count). The first-order valence-electron chi connectivity index (χ1n) is 5.41. The Bertz CT molecular complexity index is 291. The Kier molecular flexibility index (Phi) is 3.19. The summed E-state index contributed by atoms with van der Waals surface area (Å²) in [6, 6.07) is 0.415. The number of rotatable bonds is 5. The van der Waals surface area contributed by atoms with E-state index in [-0.39, 0.29) is 0 Å². The Balaban J connectivity index is 1.73. The van der Waals surface area contributed by atoms with E-state index >= 15 is 0 Å². The van der Waals surface area contributed by atoms with Crippen LogP contribution in [-0.2, 0) is 0 Å². The molecule has 0 radical (unpaired) electrons. The zero-order valence-electron chi connectivity index (χ0n) is 8.92. The summed E-state index contributed by atoms with van der Waals surface area (Å²) in [5, 5.41) is 6.85. The van der Waals surface area contributed by atoms with Crippen molar-refractivity contribution >= 4 is 11.3 Å². The average molecular weight is 210 g/mol. The molecule has 1 aromatic rings. The molecule has 0 aromatic carbocycles. The minimum Gasteiger partial charge on any atom is -0.309 e. The van der Waals surface area contributed by atoms with Crippen molar-refractivity contribution in [1.82, 2.24) is 10.3 Å². The molecule has 1 unspecified atom stereocenters. The van der Waals surface area contributed by atoms with E-state index in [0.29, 0.717) is 6.04 Å². The van der Waals surface area contributed by atoms with Crippen molar-refractivity contribution in [2.75, 3.05) is 6.54 Å². The number of nitrogens with one attached hydrogen (secondary N) is 1. The number of aryl methyl sites for hydroxylation is 1. The molecular weight excluding hydrogens is 192 g/mol. The van der Waals surface area contributed by atoms with E-state index in [2.05, 4.69) is 29.5 Å². The molecule has 14 heavy (non-hydrogen) atoms. The van der Waals surface area contributed by atoms with E-state index in [9.17, 15) is 0 Å². The summed E-state index contributed by atoms with van der Waals surface area (Å²) >= 11 is 1.73. The fraction of sp³-hybridized carbons (Fsp3) is 0.727. The molecule has 1 aromatic heterocycles. The van der Waals surface area contributed by atoms with E-state index in [1.807, 2.05) is 0 Å². The second-order valence-electron chi connectivity index (χ2n) is 4.20. The lowest BCUT2D eigenvalue weighted by atomic mass is 10.2. The fourth-order valence-electron chi connectivity index (χ4n) is 1.59. The number of thiazole rings is 1. The molecule has 1 fully saturated rings. The van der Waals surface area contributed by atoms with Gasteiger partial charge in [0.2, 0.25) is 0 Å². The first-order valence-corrected chi connectivity index (χ1v) is 6.29. The molecular formula is C11H18N2S. The van der Waals surface area contributed by atoms with Gasteiger partial charge >= 0.3 is 0 Å². The van der Waals surface area contributed by atoms with Gasteiger partial charge < -0.3 is 5.32 Å². The minimum atomic E-state index is 0.415. The highest BCUT2D eigenvalue weighted by atomic mass is 32.1. The molecule has 3 heteroatoms. The molecule has 0 aliphatic heterocycles. The minimum absolute atomic E-state index is 0.415. The van der Waals surface area contributed by atoms with Crippen LogP contribution in [0.5, 0.6) is 0 Å². The monoisotopic (exact) mass is 210 g/mol. The highest BCUT2D eigenvalue weighted by Crippen LogP contribution is 2.31. The van der Waals surface area contributed by atoms with Crippen LogP contribution in [0.25, 0.3) is 0 Å². The smallest absolute Gasteiger partial charge is 0.0898 e. The van der Waals surface area contributed by atoms with Gasteiger partial charge in [-0.1, -0.05) is 12.8 Å². The van der Waals surface area contributed by atoms with Gasteiger partial charge in [0.15, 0.2) is 0 Å².